The number of nitriles is 1. The summed E-state index contributed by atoms with van der Waals surface area (Å²) in [6, 6.07) is 31.2. The second kappa shape index (κ2) is 9.26. The smallest absolute Gasteiger partial charge is 0.164 e. The van der Waals surface area contributed by atoms with E-state index < -0.39 is 0 Å². The number of benzene rings is 3. The molecule has 0 saturated carbocycles. The summed E-state index contributed by atoms with van der Waals surface area (Å²) in [6.07, 6.45) is 0. The summed E-state index contributed by atoms with van der Waals surface area (Å²) >= 11 is 1.52. The van der Waals surface area contributed by atoms with Crippen molar-refractivity contribution in [1.82, 2.24) is 14.8 Å². The summed E-state index contributed by atoms with van der Waals surface area (Å²) in [4.78, 5) is 5.95. The largest absolute Gasteiger partial charge is 0.504 e. The minimum absolute atomic E-state index is 0.0248. The molecule has 6 rings (SSSR count). The van der Waals surface area contributed by atoms with E-state index >= 15 is 0 Å². The Kier molecular flexibility index (Phi) is 5.64. The zero-order valence-electron chi connectivity index (χ0n) is 19.8. The lowest BCUT2D eigenvalue weighted by molar-refractivity contribution is 0.373. The van der Waals surface area contributed by atoms with Gasteiger partial charge in [0, 0.05) is 11.1 Å². The first kappa shape index (κ1) is 22.5. The van der Waals surface area contributed by atoms with Crippen LogP contribution in [0.15, 0.2) is 96.4 Å². The van der Waals surface area contributed by atoms with Crippen LogP contribution in [0.25, 0.3) is 49.7 Å². The van der Waals surface area contributed by atoms with Crippen LogP contribution >= 0.6 is 11.3 Å². The molecule has 1 N–H and O–H groups in total. The van der Waals surface area contributed by atoms with Gasteiger partial charge in [0.05, 0.1) is 28.6 Å². The molecule has 0 fully saturated rings. The van der Waals surface area contributed by atoms with Crippen LogP contribution in [0.2, 0.25) is 0 Å². The Hall–Kier alpha value is -4.93. The Balaban J connectivity index is 1.82. The van der Waals surface area contributed by atoms with Crippen LogP contribution in [0.5, 0.6) is 11.5 Å². The number of hydrogen-bond acceptors (Lipinski definition) is 6. The number of fused-ring (bicyclic) bond motifs is 1. The molecule has 0 aliphatic heterocycles. The lowest BCUT2D eigenvalue weighted by atomic mass is 9.93. The van der Waals surface area contributed by atoms with Gasteiger partial charge in [-0.05, 0) is 41.3 Å². The molecule has 3 aromatic heterocycles. The summed E-state index contributed by atoms with van der Waals surface area (Å²) in [7, 11) is 1.51. The maximum absolute atomic E-state index is 10.5. The maximum atomic E-state index is 10.5. The molecule has 0 radical (unpaired) electrons. The number of nitrogens with zero attached hydrogens (tertiary/aromatic N) is 4. The maximum Gasteiger partial charge on any atom is 0.164 e. The van der Waals surface area contributed by atoms with Crippen molar-refractivity contribution in [2.24, 2.45) is 0 Å². The van der Waals surface area contributed by atoms with Gasteiger partial charge in [0.2, 0.25) is 0 Å². The Bertz CT molecular complexity index is 1770. The number of hydrogen-bond donors (Lipinski definition) is 1. The minimum atomic E-state index is 0.0248. The van der Waals surface area contributed by atoms with E-state index in [-0.39, 0.29) is 5.75 Å². The molecule has 37 heavy (non-hydrogen) atoms. The molecule has 0 aliphatic carbocycles. The van der Waals surface area contributed by atoms with Gasteiger partial charge < -0.3 is 9.84 Å². The van der Waals surface area contributed by atoms with Crippen LogP contribution in [-0.2, 0) is 0 Å². The number of phenolic OH excluding ortho intramolecular Hbond substituents is 1. The fourth-order valence-corrected chi connectivity index (χ4v) is 5.24. The summed E-state index contributed by atoms with van der Waals surface area (Å²) in [5.74, 6) is 0.345. The van der Waals surface area contributed by atoms with Crippen molar-refractivity contribution >= 4 is 22.4 Å². The number of aromatic hydroxyl groups is 1. The lowest BCUT2D eigenvalue weighted by Gasteiger charge is -2.13. The van der Waals surface area contributed by atoms with Crippen molar-refractivity contribution in [3.63, 3.8) is 0 Å². The first-order chi connectivity index (χ1) is 18.2. The highest BCUT2D eigenvalue weighted by atomic mass is 32.1. The van der Waals surface area contributed by atoms with Crippen LogP contribution in [-0.4, -0.2) is 27.0 Å². The van der Waals surface area contributed by atoms with Gasteiger partial charge in [-0.25, -0.2) is 9.67 Å². The molecule has 0 saturated heterocycles. The van der Waals surface area contributed by atoms with Gasteiger partial charge in [0.1, 0.15) is 17.5 Å². The third kappa shape index (κ3) is 3.80. The highest BCUT2D eigenvalue weighted by molar-refractivity contribution is 7.13. The van der Waals surface area contributed by atoms with Crippen LogP contribution in [0.1, 0.15) is 5.56 Å². The number of aromatic nitrogens is 3. The quantitative estimate of drug-likeness (QED) is 0.274. The zero-order chi connectivity index (χ0) is 25.4. The number of methoxy groups -OCH3 is 1. The summed E-state index contributed by atoms with van der Waals surface area (Å²) in [6.45, 7) is 0. The highest BCUT2D eigenvalue weighted by Gasteiger charge is 2.26. The minimum Gasteiger partial charge on any atom is -0.504 e. The van der Waals surface area contributed by atoms with Crippen molar-refractivity contribution < 1.29 is 9.84 Å². The van der Waals surface area contributed by atoms with Gasteiger partial charge in [0.25, 0.3) is 0 Å². The van der Waals surface area contributed by atoms with Gasteiger partial charge in [0.15, 0.2) is 17.1 Å². The van der Waals surface area contributed by atoms with E-state index in [1.807, 2.05) is 82.9 Å². The summed E-state index contributed by atoms with van der Waals surface area (Å²) in [5, 5.41) is 28.5. The average Bonchev–Trinajstić information content (AvgIpc) is 3.62. The van der Waals surface area contributed by atoms with E-state index in [1.165, 1.54) is 18.4 Å². The summed E-state index contributed by atoms with van der Waals surface area (Å²) < 4.78 is 7.25. The van der Waals surface area contributed by atoms with E-state index in [0.29, 0.717) is 33.9 Å². The Morgan fingerprint density at radius 2 is 1.65 bits per heavy atom. The van der Waals surface area contributed by atoms with Crippen LogP contribution in [0, 0.1) is 11.3 Å². The van der Waals surface area contributed by atoms with Gasteiger partial charge >= 0.3 is 0 Å². The van der Waals surface area contributed by atoms with Crippen LogP contribution < -0.4 is 4.74 Å². The predicted molar refractivity (Wildman–Crippen MR) is 146 cm³/mol. The number of para-hydroxylation sites is 1. The molecule has 178 valence electrons. The number of pyridine rings is 1. The molecule has 0 spiro atoms. The van der Waals surface area contributed by atoms with Crippen molar-refractivity contribution in [3.05, 3.63) is 102 Å². The van der Waals surface area contributed by atoms with Gasteiger partial charge in [-0.15, -0.1) is 11.3 Å². The lowest BCUT2D eigenvalue weighted by Crippen LogP contribution is -2.00. The molecular weight excluding hydrogens is 480 g/mol. The average molecular weight is 501 g/mol. The Morgan fingerprint density at radius 1 is 0.892 bits per heavy atom. The van der Waals surface area contributed by atoms with Crippen LogP contribution in [0.3, 0.4) is 0 Å². The molecule has 3 aromatic carbocycles. The second-order valence-corrected chi connectivity index (χ2v) is 9.29. The van der Waals surface area contributed by atoms with Gasteiger partial charge in [-0.3, -0.25) is 0 Å². The predicted octanol–water partition coefficient (Wildman–Crippen LogP) is 7.07. The number of rotatable bonds is 5. The highest BCUT2D eigenvalue weighted by Crippen LogP contribution is 2.44. The molecular formula is C30H20N4O2S. The molecule has 0 amide bonds. The van der Waals surface area contributed by atoms with E-state index in [0.717, 1.165) is 27.1 Å². The number of phenols is 1. The molecule has 0 atom stereocenters. The number of ether oxygens (including phenoxy) is 1. The normalized spacial score (nSPS) is 10.9. The van der Waals surface area contributed by atoms with E-state index in [2.05, 4.69) is 6.07 Å². The third-order valence-electron chi connectivity index (χ3n) is 6.20. The summed E-state index contributed by atoms with van der Waals surface area (Å²) in [5.41, 5.74) is 5.55. The van der Waals surface area contributed by atoms with E-state index in [9.17, 15) is 10.4 Å². The van der Waals surface area contributed by atoms with Gasteiger partial charge in [-0.2, -0.15) is 10.4 Å². The standard InChI is InChI=1S/C30H20N4O2S/c1-36-24-17-20(14-15-23(24)35)26-22(18-31)29(25-13-8-16-37-25)32-30-27(26)28(19-9-4-2-5-10-19)33-34(30)21-11-6-3-7-12-21/h2-17,35H,1H3. The van der Waals surface area contributed by atoms with Crippen LogP contribution in [0.4, 0.5) is 0 Å². The monoisotopic (exact) mass is 500 g/mol. The van der Waals surface area contributed by atoms with E-state index in [1.54, 1.807) is 18.2 Å². The fourth-order valence-electron chi connectivity index (χ4n) is 4.52. The van der Waals surface area contributed by atoms with Gasteiger partial charge in [-0.1, -0.05) is 60.7 Å². The second-order valence-electron chi connectivity index (χ2n) is 8.35. The Labute approximate surface area is 217 Å². The molecule has 0 unspecified atom stereocenters. The zero-order valence-corrected chi connectivity index (χ0v) is 20.6. The molecule has 7 heteroatoms. The first-order valence-electron chi connectivity index (χ1n) is 11.6. The molecule has 6 nitrogen and oxygen atoms in total. The third-order valence-corrected chi connectivity index (χ3v) is 7.07. The molecule has 3 heterocycles. The molecule has 6 aromatic rings. The Morgan fingerprint density at radius 3 is 2.32 bits per heavy atom. The van der Waals surface area contributed by atoms with E-state index in [4.69, 9.17) is 14.8 Å². The SMILES string of the molecule is COc1cc(-c2c(C#N)c(-c3cccs3)nc3c2c(-c2ccccc2)nn3-c2ccccc2)ccc1O. The van der Waals surface area contributed by atoms with Crippen molar-refractivity contribution in [1.29, 1.82) is 5.26 Å². The van der Waals surface area contributed by atoms with Crippen molar-refractivity contribution in [3.8, 4) is 56.2 Å². The van der Waals surface area contributed by atoms with Crippen molar-refractivity contribution in [2.75, 3.05) is 7.11 Å². The molecule has 0 bridgehead atoms. The number of thiophene rings is 1. The van der Waals surface area contributed by atoms with Crippen molar-refractivity contribution in [2.45, 2.75) is 0 Å². The topological polar surface area (TPSA) is 84.0 Å². The fraction of sp³-hybridized carbons (Fsp3) is 0.0333. The first-order valence-corrected chi connectivity index (χ1v) is 12.5. The molecule has 0 aliphatic rings.